The van der Waals surface area contributed by atoms with Crippen LogP contribution in [0.3, 0.4) is 0 Å². The molecule has 60 heavy (non-hydrogen) atoms. The molecule has 2 atom stereocenters. The molecule has 0 aromatic heterocycles. The van der Waals surface area contributed by atoms with Crippen LogP contribution < -0.4 is 28.4 Å². The number of ketones is 1. The van der Waals surface area contributed by atoms with E-state index in [2.05, 4.69) is 0 Å². The molecule has 0 N–H and O–H groups in total. The van der Waals surface area contributed by atoms with E-state index in [1.165, 1.54) is 74.9 Å². The molecule has 0 saturated heterocycles. The molecule has 308 valence electrons. The lowest BCUT2D eigenvalue weighted by Crippen LogP contribution is -2.29. The minimum Gasteiger partial charge on any atom is -0.493 e. The van der Waals surface area contributed by atoms with Gasteiger partial charge < -0.3 is 28.4 Å². The van der Waals surface area contributed by atoms with Crippen molar-refractivity contribution in [2.45, 2.75) is 12.2 Å². The van der Waals surface area contributed by atoms with Gasteiger partial charge in [0.25, 0.3) is 11.4 Å². The molecule has 0 spiro atoms. The number of carbonyl (C=O) groups is 1. The van der Waals surface area contributed by atoms with Crippen LogP contribution in [0.15, 0.2) is 109 Å². The quantitative estimate of drug-likeness (QED) is 0.0672. The number of carbonyl (C=O) groups excluding carboxylic acids is 1. The number of hydrogen-bond acceptors (Lipinski definition) is 11. The van der Waals surface area contributed by atoms with Gasteiger partial charge in [0.2, 0.25) is 5.78 Å². The molecule has 6 aromatic carbocycles. The number of hydrogen-bond donors (Lipinski definition) is 0. The fourth-order valence-electron chi connectivity index (χ4n) is 5.61. The highest BCUT2D eigenvalue weighted by molar-refractivity contribution is 6.38. The number of Topliss-reactive ketones (excluding diaryl/α,β-unsaturated/α-hetero) is 1. The highest BCUT2D eigenvalue weighted by Gasteiger charge is 2.35. The van der Waals surface area contributed by atoms with Crippen molar-refractivity contribution in [3.63, 3.8) is 0 Å². The summed E-state index contributed by atoms with van der Waals surface area (Å²) in [6, 6.07) is 22.4. The van der Waals surface area contributed by atoms with Gasteiger partial charge in [0.15, 0.2) is 46.7 Å². The number of methoxy groups -OCH3 is 2. The molecule has 0 saturated carbocycles. The average molecular weight is 902 g/mol. The van der Waals surface area contributed by atoms with Crippen molar-refractivity contribution in [2.24, 2.45) is 0 Å². The fourth-order valence-corrected chi connectivity index (χ4v) is 6.71. The molecule has 2 unspecified atom stereocenters. The fraction of sp³-hybridized carbons (Fsp3) is 0.0976. The Morgan fingerprint density at radius 3 is 1.17 bits per heavy atom. The van der Waals surface area contributed by atoms with Gasteiger partial charge in [-0.2, -0.15) is 0 Å². The summed E-state index contributed by atoms with van der Waals surface area (Å²) in [7, 11) is 2.68. The molecule has 6 aromatic rings. The summed E-state index contributed by atoms with van der Waals surface area (Å²) in [5.41, 5.74) is -0.438. The normalized spacial score (nSPS) is 11.9. The second-order valence-electron chi connectivity index (χ2n) is 12.3. The summed E-state index contributed by atoms with van der Waals surface area (Å²) >= 11 is 25.1. The van der Waals surface area contributed by atoms with Gasteiger partial charge in [0, 0.05) is 47.5 Å². The Bertz CT molecular complexity index is 2380. The predicted octanol–water partition coefficient (Wildman–Crippen LogP) is 12.5. The van der Waals surface area contributed by atoms with E-state index in [1.807, 2.05) is 0 Å². The topological polar surface area (TPSA) is 159 Å². The molecule has 13 nitrogen and oxygen atoms in total. The van der Waals surface area contributed by atoms with Gasteiger partial charge in [0.05, 0.1) is 44.2 Å². The first-order chi connectivity index (χ1) is 28.6. The lowest BCUT2D eigenvalue weighted by atomic mass is 9.96. The summed E-state index contributed by atoms with van der Waals surface area (Å²) in [6.45, 7) is 0. The van der Waals surface area contributed by atoms with Gasteiger partial charge in [-0.1, -0.05) is 70.7 Å². The van der Waals surface area contributed by atoms with E-state index in [9.17, 15) is 33.8 Å². The van der Waals surface area contributed by atoms with Crippen LogP contribution in [0.1, 0.15) is 23.3 Å². The Balaban J connectivity index is 1.41. The Hall–Kier alpha value is -6.39. The molecule has 0 amide bonds. The first-order valence-electron chi connectivity index (χ1n) is 17.0. The van der Waals surface area contributed by atoms with E-state index >= 15 is 0 Å². The van der Waals surface area contributed by atoms with Crippen LogP contribution in [0.25, 0.3) is 0 Å². The Morgan fingerprint density at radius 2 is 0.867 bits per heavy atom. The number of benzene rings is 6. The zero-order chi connectivity index (χ0) is 43.2. The van der Waals surface area contributed by atoms with Crippen LogP contribution >= 0.6 is 46.4 Å². The van der Waals surface area contributed by atoms with Crippen molar-refractivity contribution in [1.82, 2.24) is 0 Å². The molecule has 0 aliphatic heterocycles. The second kappa shape index (κ2) is 18.7. The third-order valence-electron chi connectivity index (χ3n) is 8.45. The zero-order valence-electron chi connectivity index (χ0n) is 30.7. The number of halogens is 6. The van der Waals surface area contributed by atoms with E-state index in [1.54, 1.807) is 0 Å². The lowest BCUT2D eigenvalue weighted by molar-refractivity contribution is -0.385. The second-order valence-corrected chi connectivity index (χ2v) is 14.0. The van der Waals surface area contributed by atoms with E-state index in [0.29, 0.717) is 0 Å². The molecule has 0 radical (unpaired) electrons. The largest absolute Gasteiger partial charge is 0.493 e. The minimum absolute atomic E-state index is 0.0508. The maximum atomic E-state index is 15.0. The van der Waals surface area contributed by atoms with Crippen molar-refractivity contribution in [3.05, 3.63) is 172 Å². The molecule has 0 bridgehead atoms. The third-order valence-corrected chi connectivity index (χ3v) is 9.57. The predicted molar refractivity (Wildman–Crippen MR) is 217 cm³/mol. The van der Waals surface area contributed by atoms with E-state index < -0.39 is 39.5 Å². The van der Waals surface area contributed by atoms with Crippen LogP contribution in [0.4, 0.5) is 20.2 Å². The van der Waals surface area contributed by atoms with Crippen LogP contribution in [-0.4, -0.2) is 29.8 Å². The monoisotopic (exact) mass is 900 g/mol. The maximum absolute atomic E-state index is 15.0. The standard InChI is InChI=1S/C41H26Cl4F2N2O11/c1-55-33-13-11-27(57-40-29(42)15-25(48(51)52)16-30(40)43)19-35(33)59-38(21-3-7-23(46)8-4-21)37(50)39(22-5-9-24(47)10-6-22)60-36-20-28(12-14-34(36)56-2)58-41-31(44)17-26(49(53)54)18-32(41)45/h3-20,38-39H,1-2H3. The number of rotatable bonds is 16. The number of nitro benzene ring substituents is 2. The van der Waals surface area contributed by atoms with Crippen LogP contribution in [0.5, 0.6) is 46.0 Å². The van der Waals surface area contributed by atoms with E-state index in [4.69, 9.17) is 74.8 Å². The first-order valence-corrected chi connectivity index (χ1v) is 18.5. The van der Waals surface area contributed by atoms with Gasteiger partial charge in [-0.15, -0.1) is 0 Å². The Labute approximate surface area is 358 Å². The molecule has 0 aliphatic rings. The zero-order valence-corrected chi connectivity index (χ0v) is 33.7. The first kappa shape index (κ1) is 43.2. The highest BCUT2D eigenvalue weighted by atomic mass is 35.5. The molecule has 0 heterocycles. The molecule has 19 heteroatoms. The van der Waals surface area contributed by atoms with Gasteiger partial charge in [-0.25, -0.2) is 8.78 Å². The van der Waals surface area contributed by atoms with Crippen molar-refractivity contribution in [2.75, 3.05) is 14.2 Å². The van der Waals surface area contributed by atoms with Crippen LogP contribution in [-0.2, 0) is 4.79 Å². The summed E-state index contributed by atoms with van der Waals surface area (Å²) in [5, 5.41) is 21.9. The number of nitrogens with zero attached hydrogens (tertiary/aromatic N) is 2. The molecular formula is C41H26Cl4F2N2O11. The Morgan fingerprint density at radius 1 is 0.533 bits per heavy atom. The van der Waals surface area contributed by atoms with Crippen molar-refractivity contribution >= 4 is 63.6 Å². The Kier molecular flexibility index (Phi) is 13.4. The van der Waals surface area contributed by atoms with Crippen molar-refractivity contribution in [1.29, 1.82) is 0 Å². The SMILES string of the molecule is COc1ccc(Oc2c(Cl)cc([N+](=O)[O-])cc2Cl)cc1OC(C(=O)C(Oc1cc(Oc2c(Cl)cc([N+](=O)[O-])cc2Cl)ccc1OC)c1ccc(F)cc1)c1ccc(F)cc1. The average Bonchev–Trinajstić information content (AvgIpc) is 3.22. The molecule has 0 fully saturated rings. The van der Waals surface area contributed by atoms with E-state index in [0.717, 1.165) is 48.5 Å². The van der Waals surface area contributed by atoms with Gasteiger partial charge >= 0.3 is 0 Å². The van der Waals surface area contributed by atoms with Gasteiger partial charge in [0.1, 0.15) is 23.1 Å². The van der Waals surface area contributed by atoms with Gasteiger partial charge in [-0.05, 0) is 48.5 Å². The number of ether oxygens (including phenoxy) is 6. The number of nitro groups is 2. The number of non-ortho nitro benzene ring substituents is 2. The van der Waals surface area contributed by atoms with Crippen LogP contribution in [0, 0.1) is 31.9 Å². The summed E-state index contributed by atoms with van der Waals surface area (Å²) in [5.74, 6) is -2.09. The summed E-state index contributed by atoms with van der Waals surface area (Å²) < 4.78 is 64.1. The van der Waals surface area contributed by atoms with Crippen LogP contribution in [0.2, 0.25) is 20.1 Å². The maximum Gasteiger partial charge on any atom is 0.272 e. The van der Waals surface area contributed by atoms with Crippen molar-refractivity contribution < 1.29 is 51.8 Å². The van der Waals surface area contributed by atoms with Crippen molar-refractivity contribution in [3.8, 4) is 46.0 Å². The van der Waals surface area contributed by atoms with E-state index in [-0.39, 0.29) is 88.6 Å². The smallest absolute Gasteiger partial charge is 0.272 e. The highest BCUT2D eigenvalue weighted by Crippen LogP contribution is 2.45. The molecule has 0 aliphatic carbocycles. The lowest BCUT2D eigenvalue weighted by Gasteiger charge is -2.26. The third kappa shape index (κ3) is 9.89. The molecule has 6 rings (SSSR count). The summed E-state index contributed by atoms with van der Waals surface area (Å²) in [6.07, 6.45) is -3.20. The van der Waals surface area contributed by atoms with Gasteiger partial charge in [-0.3, -0.25) is 25.0 Å². The minimum atomic E-state index is -1.60. The summed E-state index contributed by atoms with van der Waals surface area (Å²) in [4.78, 5) is 36.2. The molecular weight excluding hydrogens is 876 g/mol.